The molecule has 1 fully saturated rings. The van der Waals surface area contributed by atoms with Gasteiger partial charge in [0.1, 0.15) is 5.65 Å². The topological polar surface area (TPSA) is 49.6 Å². The van der Waals surface area contributed by atoms with Crippen molar-refractivity contribution in [3.63, 3.8) is 0 Å². The molecule has 3 heterocycles. The molecule has 1 unspecified atom stereocenters. The Hall–Kier alpha value is -1.53. The number of aromatic nitrogens is 2. The number of imidazole rings is 1. The minimum atomic E-state index is 0.241. The van der Waals surface area contributed by atoms with Crippen LogP contribution in [-0.2, 0) is 10.5 Å². The van der Waals surface area contributed by atoms with Crippen LogP contribution < -0.4 is 5.32 Å². The quantitative estimate of drug-likeness (QED) is 0.880. The van der Waals surface area contributed by atoms with Gasteiger partial charge in [0.15, 0.2) is 0 Å². The predicted octanol–water partition coefficient (Wildman–Crippen LogP) is 2.09. The lowest BCUT2D eigenvalue weighted by Gasteiger charge is -2.27. The van der Waals surface area contributed by atoms with Crippen molar-refractivity contribution in [3.8, 4) is 0 Å². The van der Waals surface area contributed by atoms with Crippen molar-refractivity contribution < 1.29 is 4.79 Å². The Balaban J connectivity index is 1.54. The monoisotopic (exact) mass is 332 g/mol. The van der Waals surface area contributed by atoms with Crippen LogP contribution in [0.25, 0.3) is 5.65 Å². The second-order valence-corrected chi connectivity index (χ2v) is 7.01. The van der Waals surface area contributed by atoms with Gasteiger partial charge in [-0.1, -0.05) is 6.07 Å². The minimum absolute atomic E-state index is 0.241. The van der Waals surface area contributed by atoms with Crippen LogP contribution in [-0.4, -0.2) is 51.6 Å². The molecule has 23 heavy (non-hydrogen) atoms. The molecule has 2 aromatic heterocycles. The number of hydrogen-bond acceptors (Lipinski definition) is 4. The van der Waals surface area contributed by atoms with Crippen molar-refractivity contribution in [2.24, 2.45) is 0 Å². The van der Waals surface area contributed by atoms with Crippen LogP contribution in [0.15, 0.2) is 24.5 Å². The van der Waals surface area contributed by atoms with Gasteiger partial charge in [0.05, 0.1) is 11.4 Å². The largest absolute Gasteiger partial charge is 0.338 e. The number of aryl methyl sites for hydroxylation is 1. The molecule has 5 nitrogen and oxygen atoms in total. The Morgan fingerprint density at radius 2 is 2.35 bits per heavy atom. The molecule has 0 radical (unpaired) electrons. The molecule has 1 aliphatic heterocycles. The van der Waals surface area contributed by atoms with E-state index in [-0.39, 0.29) is 5.91 Å². The van der Waals surface area contributed by atoms with Gasteiger partial charge >= 0.3 is 0 Å². The van der Waals surface area contributed by atoms with E-state index in [1.807, 2.05) is 11.0 Å². The molecule has 0 saturated carbocycles. The van der Waals surface area contributed by atoms with E-state index in [1.165, 1.54) is 5.56 Å². The van der Waals surface area contributed by atoms with Crippen molar-refractivity contribution >= 4 is 23.3 Å². The maximum absolute atomic E-state index is 12.4. The SMILES string of the molecule is CCN(C(=O)CSCc1cn2cc(C)ccc2n1)C1CCNC1. The summed E-state index contributed by atoms with van der Waals surface area (Å²) in [6.07, 6.45) is 5.20. The number of pyridine rings is 1. The summed E-state index contributed by atoms with van der Waals surface area (Å²) in [6, 6.07) is 4.46. The Morgan fingerprint density at radius 3 is 3.09 bits per heavy atom. The average Bonchev–Trinajstić information content (AvgIpc) is 3.17. The van der Waals surface area contributed by atoms with Gasteiger partial charge in [0.2, 0.25) is 5.91 Å². The Bertz CT molecular complexity index is 678. The van der Waals surface area contributed by atoms with Crippen molar-refractivity contribution in [1.29, 1.82) is 0 Å². The van der Waals surface area contributed by atoms with E-state index >= 15 is 0 Å². The van der Waals surface area contributed by atoms with Crippen molar-refractivity contribution in [2.75, 3.05) is 25.4 Å². The zero-order valence-corrected chi connectivity index (χ0v) is 14.6. The molecule has 2 aromatic rings. The van der Waals surface area contributed by atoms with Gasteiger partial charge in [-0.05, 0) is 38.4 Å². The van der Waals surface area contributed by atoms with Crippen LogP contribution in [0.5, 0.6) is 0 Å². The molecule has 6 heteroatoms. The number of carbonyl (C=O) groups excluding carboxylic acids is 1. The van der Waals surface area contributed by atoms with Gasteiger partial charge in [-0.15, -0.1) is 11.8 Å². The van der Waals surface area contributed by atoms with Crippen LogP contribution in [0.4, 0.5) is 0 Å². The van der Waals surface area contributed by atoms with E-state index in [1.54, 1.807) is 11.8 Å². The molecule has 0 aromatic carbocycles. The first-order valence-electron chi connectivity index (χ1n) is 8.19. The summed E-state index contributed by atoms with van der Waals surface area (Å²) < 4.78 is 2.05. The second-order valence-electron chi connectivity index (χ2n) is 6.02. The van der Waals surface area contributed by atoms with Crippen LogP contribution >= 0.6 is 11.8 Å². The van der Waals surface area contributed by atoms with E-state index < -0.39 is 0 Å². The summed E-state index contributed by atoms with van der Waals surface area (Å²) in [6.45, 7) is 6.87. The van der Waals surface area contributed by atoms with Crippen molar-refractivity contribution in [3.05, 3.63) is 35.8 Å². The average molecular weight is 332 g/mol. The van der Waals surface area contributed by atoms with E-state index in [0.717, 1.165) is 43.1 Å². The van der Waals surface area contributed by atoms with Gasteiger partial charge in [0, 0.05) is 37.3 Å². The molecule has 1 atom stereocenters. The highest BCUT2D eigenvalue weighted by molar-refractivity contribution is 7.99. The summed E-state index contributed by atoms with van der Waals surface area (Å²) in [5.74, 6) is 1.54. The van der Waals surface area contributed by atoms with Crippen LogP contribution in [0.1, 0.15) is 24.6 Å². The number of carbonyl (C=O) groups is 1. The third-order valence-electron chi connectivity index (χ3n) is 4.26. The smallest absolute Gasteiger partial charge is 0.232 e. The molecule has 1 saturated heterocycles. The third kappa shape index (κ3) is 3.87. The highest BCUT2D eigenvalue weighted by atomic mass is 32.2. The van der Waals surface area contributed by atoms with Crippen LogP contribution in [0.3, 0.4) is 0 Å². The maximum atomic E-state index is 12.4. The first kappa shape index (κ1) is 16.3. The van der Waals surface area contributed by atoms with Gasteiger partial charge in [-0.2, -0.15) is 0 Å². The van der Waals surface area contributed by atoms with E-state index in [4.69, 9.17) is 0 Å². The lowest BCUT2D eigenvalue weighted by atomic mass is 10.2. The van der Waals surface area contributed by atoms with Gasteiger partial charge < -0.3 is 14.6 Å². The number of nitrogens with zero attached hydrogens (tertiary/aromatic N) is 3. The zero-order valence-electron chi connectivity index (χ0n) is 13.8. The van der Waals surface area contributed by atoms with E-state index in [0.29, 0.717) is 11.8 Å². The Labute approximate surface area is 141 Å². The number of nitrogens with one attached hydrogen (secondary N) is 1. The normalized spacial score (nSPS) is 17.7. The molecule has 0 spiro atoms. The van der Waals surface area contributed by atoms with E-state index in [2.05, 4.69) is 47.0 Å². The lowest BCUT2D eigenvalue weighted by Crippen LogP contribution is -2.42. The number of amides is 1. The third-order valence-corrected chi connectivity index (χ3v) is 5.21. The summed E-state index contributed by atoms with van der Waals surface area (Å²) in [5, 5.41) is 3.33. The second kappa shape index (κ2) is 7.36. The molecule has 0 bridgehead atoms. The molecule has 1 amide bonds. The first-order valence-corrected chi connectivity index (χ1v) is 9.35. The summed E-state index contributed by atoms with van der Waals surface area (Å²) in [4.78, 5) is 19.0. The number of thioether (sulfide) groups is 1. The highest BCUT2D eigenvalue weighted by Crippen LogP contribution is 2.16. The number of rotatable bonds is 6. The molecular weight excluding hydrogens is 308 g/mol. The Kier molecular flexibility index (Phi) is 5.23. The zero-order chi connectivity index (χ0) is 16.2. The number of fused-ring (bicyclic) bond motifs is 1. The number of hydrogen-bond donors (Lipinski definition) is 1. The molecule has 3 rings (SSSR count). The predicted molar refractivity (Wildman–Crippen MR) is 94.8 cm³/mol. The first-order chi connectivity index (χ1) is 11.2. The van der Waals surface area contributed by atoms with Crippen molar-refractivity contribution in [1.82, 2.24) is 19.6 Å². The summed E-state index contributed by atoms with van der Waals surface area (Å²) in [7, 11) is 0. The lowest BCUT2D eigenvalue weighted by molar-refractivity contribution is -0.130. The molecule has 124 valence electrons. The van der Waals surface area contributed by atoms with Crippen LogP contribution in [0.2, 0.25) is 0 Å². The fraction of sp³-hybridized carbons (Fsp3) is 0.529. The molecule has 1 aliphatic rings. The van der Waals surface area contributed by atoms with Gasteiger partial charge in [-0.3, -0.25) is 4.79 Å². The molecular formula is C17H24N4OS. The summed E-state index contributed by atoms with van der Waals surface area (Å²) in [5.41, 5.74) is 3.21. The minimum Gasteiger partial charge on any atom is -0.338 e. The summed E-state index contributed by atoms with van der Waals surface area (Å²) >= 11 is 1.65. The number of likely N-dealkylation sites (N-methyl/N-ethyl adjacent to an activating group) is 1. The Morgan fingerprint density at radius 1 is 1.48 bits per heavy atom. The fourth-order valence-corrected chi connectivity index (χ4v) is 3.89. The van der Waals surface area contributed by atoms with E-state index in [9.17, 15) is 4.79 Å². The van der Waals surface area contributed by atoms with Gasteiger partial charge in [0.25, 0.3) is 0 Å². The van der Waals surface area contributed by atoms with Crippen LogP contribution in [0, 0.1) is 6.92 Å². The standard InChI is InChI=1S/C17H24N4OS/c1-3-21(15-6-7-18-8-15)17(22)12-23-11-14-10-20-9-13(2)4-5-16(20)19-14/h4-5,9-10,15,18H,3,6-8,11-12H2,1-2H3. The highest BCUT2D eigenvalue weighted by Gasteiger charge is 2.24. The molecule has 1 N–H and O–H groups in total. The fourth-order valence-electron chi connectivity index (χ4n) is 3.09. The molecule has 0 aliphatic carbocycles. The maximum Gasteiger partial charge on any atom is 0.232 e. The van der Waals surface area contributed by atoms with Gasteiger partial charge in [-0.25, -0.2) is 4.98 Å². The van der Waals surface area contributed by atoms with Crippen molar-refractivity contribution in [2.45, 2.75) is 32.1 Å².